The molecule has 0 aromatic rings. The molecular weight excluding hydrogens is 204 g/mol. The highest BCUT2D eigenvalue weighted by Gasteiger charge is 2.06. The van der Waals surface area contributed by atoms with Crippen LogP contribution >= 0.6 is 0 Å². The average molecular weight is 228 g/mol. The van der Waals surface area contributed by atoms with Crippen molar-refractivity contribution in [2.75, 3.05) is 52.5 Å². The van der Waals surface area contributed by atoms with Gasteiger partial charge in [0.15, 0.2) is 0 Å². The molecule has 16 heavy (non-hydrogen) atoms. The predicted molar refractivity (Wildman–Crippen MR) is 67.4 cm³/mol. The van der Waals surface area contributed by atoms with Crippen molar-refractivity contribution < 1.29 is 10.2 Å². The molecule has 0 bridgehead atoms. The van der Waals surface area contributed by atoms with Gasteiger partial charge in [0.1, 0.15) is 0 Å². The van der Waals surface area contributed by atoms with E-state index in [-0.39, 0.29) is 13.2 Å². The fourth-order valence-corrected chi connectivity index (χ4v) is 1.52. The largest absolute Gasteiger partial charge is 0.395 e. The Labute approximate surface area is 98.5 Å². The Kier molecular flexibility index (Phi) is 10.4. The van der Waals surface area contributed by atoms with E-state index in [0.29, 0.717) is 13.1 Å². The molecule has 0 spiro atoms. The molecule has 4 nitrogen and oxygen atoms in total. The van der Waals surface area contributed by atoms with Gasteiger partial charge in [0.25, 0.3) is 0 Å². The molecule has 0 aromatic carbocycles. The summed E-state index contributed by atoms with van der Waals surface area (Å²) in [4.78, 5) is 4.25. The summed E-state index contributed by atoms with van der Waals surface area (Å²) >= 11 is 0. The van der Waals surface area contributed by atoms with Crippen LogP contribution in [-0.2, 0) is 0 Å². The number of nitrogens with zero attached hydrogens (tertiary/aromatic N) is 2. The van der Waals surface area contributed by atoms with Crippen LogP contribution < -0.4 is 0 Å². The van der Waals surface area contributed by atoms with Gasteiger partial charge in [0.05, 0.1) is 13.2 Å². The molecule has 0 radical (unpaired) electrons. The van der Waals surface area contributed by atoms with Crippen molar-refractivity contribution in [3.63, 3.8) is 0 Å². The summed E-state index contributed by atoms with van der Waals surface area (Å²) in [6.45, 7) is 12.3. The second-order valence-electron chi connectivity index (χ2n) is 3.63. The number of hydrogen-bond donors (Lipinski definition) is 2. The monoisotopic (exact) mass is 228 g/mol. The molecular formula is C12H24N2O2. The zero-order valence-corrected chi connectivity index (χ0v) is 10.0. The maximum absolute atomic E-state index is 8.89. The van der Waals surface area contributed by atoms with Crippen molar-refractivity contribution in [3.8, 4) is 0 Å². The summed E-state index contributed by atoms with van der Waals surface area (Å²) in [5.41, 5.74) is 0. The van der Waals surface area contributed by atoms with E-state index in [9.17, 15) is 0 Å². The molecule has 0 saturated heterocycles. The van der Waals surface area contributed by atoms with E-state index in [1.807, 2.05) is 12.2 Å². The molecule has 4 heteroatoms. The van der Waals surface area contributed by atoms with Gasteiger partial charge >= 0.3 is 0 Å². The summed E-state index contributed by atoms with van der Waals surface area (Å²) in [7, 11) is 0. The quantitative estimate of drug-likeness (QED) is 0.487. The third-order valence-electron chi connectivity index (χ3n) is 2.34. The van der Waals surface area contributed by atoms with Crippen LogP contribution in [0, 0.1) is 0 Å². The van der Waals surface area contributed by atoms with Gasteiger partial charge in [-0.15, -0.1) is 13.2 Å². The highest BCUT2D eigenvalue weighted by molar-refractivity contribution is 4.77. The van der Waals surface area contributed by atoms with Crippen molar-refractivity contribution in [1.29, 1.82) is 0 Å². The number of aliphatic hydroxyl groups excluding tert-OH is 2. The van der Waals surface area contributed by atoms with E-state index in [2.05, 4.69) is 23.0 Å². The van der Waals surface area contributed by atoms with E-state index in [0.717, 1.165) is 26.2 Å². The normalized spacial score (nSPS) is 11.0. The smallest absolute Gasteiger partial charge is 0.0558 e. The summed E-state index contributed by atoms with van der Waals surface area (Å²) < 4.78 is 0. The Bertz CT molecular complexity index is 166. The molecule has 0 amide bonds. The Balaban J connectivity index is 3.91. The lowest BCUT2D eigenvalue weighted by Crippen LogP contribution is -2.38. The van der Waals surface area contributed by atoms with Crippen LogP contribution in [0.3, 0.4) is 0 Å². The number of hydrogen-bond acceptors (Lipinski definition) is 4. The molecule has 0 atom stereocenters. The third-order valence-corrected chi connectivity index (χ3v) is 2.34. The third kappa shape index (κ3) is 7.59. The van der Waals surface area contributed by atoms with Gasteiger partial charge in [-0.3, -0.25) is 9.80 Å². The first-order valence-corrected chi connectivity index (χ1v) is 5.66. The average Bonchev–Trinajstić information content (AvgIpc) is 2.27. The minimum absolute atomic E-state index is 0.162. The van der Waals surface area contributed by atoms with Crippen LogP contribution in [0.5, 0.6) is 0 Å². The molecule has 0 saturated carbocycles. The molecule has 0 aliphatic heterocycles. The Morgan fingerprint density at radius 3 is 1.38 bits per heavy atom. The summed E-state index contributed by atoms with van der Waals surface area (Å²) in [5, 5.41) is 17.8. The lowest BCUT2D eigenvalue weighted by Gasteiger charge is -2.25. The fraction of sp³-hybridized carbons (Fsp3) is 0.667. The maximum atomic E-state index is 8.89. The SMILES string of the molecule is C=CCN(CCO)CCN(CC=C)CCO. The Hall–Kier alpha value is -0.680. The summed E-state index contributed by atoms with van der Waals surface area (Å²) in [5.74, 6) is 0. The van der Waals surface area contributed by atoms with Crippen LogP contribution in [0.1, 0.15) is 0 Å². The van der Waals surface area contributed by atoms with Crippen LogP contribution in [0.4, 0.5) is 0 Å². The minimum Gasteiger partial charge on any atom is -0.395 e. The first-order valence-electron chi connectivity index (χ1n) is 5.66. The van der Waals surface area contributed by atoms with Crippen LogP contribution in [-0.4, -0.2) is 72.5 Å². The highest BCUT2D eigenvalue weighted by atomic mass is 16.3. The predicted octanol–water partition coefficient (Wildman–Crippen LogP) is -0.0530. The molecule has 0 heterocycles. The zero-order valence-electron chi connectivity index (χ0n) is 10.0. The zero-order chi connectivity index (χ0) is 12.2. The molecule has 0 aliphatic rings. The van der Waals surface area contributed by atoms with Crippen LogP contribution in [0.15, 0.2) is 25.3 Å². The standard InChI is InChI=1S/C12H24N2O2/c1-3-5-13(9-11-15)7-8-14(6-4-2)10-12-16/h3-4,15-16H,1-2,5-12H2. The summed E-state index contributed by atoms with van der Waals surface area (Å²) in [6.07, 6.45) is 3.67. The maximum Gasteiger partial charge on any atom is 0.0558 e. The van der Waals surface area contributed by atoms with Gasteiger partial charge in [-0.2, -0.15) is 0 Å². The molecule has 0 aromatic heterocycles. The molecule has 94 valence electrons. The number of rotatable bonds is 11. The molecule has 0 rings (SSSR count). The van der Waals surface area contributed by atoms with Crippen molar-refractivity contribution >= 4 is 0 Å². The van der Waals surface area contributed by atoms with Gasteiger partial charge in [-0.1, -0.05) is 12.2 Å². The van der Waals surface area contributed by atoms with Gasteiger partial charge in [-0.05, 0) is 0 Å². The molecule has 0 aliphatic carbocycles. The van der Waals surface area contributed by atoms with E-state index in [4.69, 9.17) is 10.2 Å². The van der Waals surface area contributed by atoms with Crippen molar-refractivity contribution in [3.05, 3.63) is 25.3 Å². The lowest BCUT2D eigenvalue weighted by molar-refractivity contribution is 0.166. The molecule has 0 unspecified atom stereocenters. The van der Waals surface area contributed by atoms with Crippen molar-refractivity contribution in [2.24, 2.45) is 0 Å². The number of aliphatic hydroxyl groups is 2. The van der Waals surface area contributed by atoms with Gasteiger partial charge in [-0.25, -0.2) is 0 Å². The minimum atomic E-state index is 0.162. The Morgan fingerprint density at radius 1 is 0.750 bits per heavy atom. The van der Waals surface area contributed by atoms with E-state index < -0.39 is 0 Å². The van der Waals surface area contributed by atoms with Crippen LogP contribution in [0.25, 0.3) is 0 Å². The van der Waals surface area contributed by atoms with Gasteiger partial charge in [0.2, 0.25) is 0 Å². The van der Waals surface area contributed by atoms with Gasteiger partial charge in [0, 0.05) is 39.3 Å². The second-order valence-corrected chi connectivity index (χ2v) is 3.63. The second kappa shape index (κ2) is 10.8. The highest BCUT2D eigenvalue weighted by Crippen LogP contribution is 1.93. The Morgan fingerprint density at radius 2 is 1.12 bits per heavy atom. The van der Waals surface area contributed by atoms with Crippen molar-refractivity contribution in [2.45, 2.75) is 0 Å². The summed E-state index contributed by atoms with van der Waals surface area (Å²) in [6, 6.07) is 0. The molecule has 2 N–H and O–H groups in total. The van der Waals surface area contributed by atoms with Crippen molar-refractivity contribution in [1.82, 2.24) is 9.80 Å². The fourth-order valence-electron chi connectivity index (χ4n) is 1.52. The van der Waals surface area contributed by atoms with E-state index in [1.165, 1.54) is 0 Å². The van der Waals surface area contributed by atoms with E-state index >= 15 is 0 Å². The first kappa shape index (κ1) is 15.3. The lowest BCUT2D eigenvalue weighted by atomic mass is 10.4. The van der Waals surface area contributed by atoms with Gasteiger partial charge < -0.3 is 10.2 Å². The van der Waals surface area contributed by atoms with E-state index in [1.54, 1.807) is 0 Å². The first-order chi connectivity index (χ1) is 7.78. The molecule has 0 fully saturated rings. The van der Waals surface area contributed by atoms with Crippen LogP contribution in [0.2, 0.25) is 0 Å². The topological polar surface area (TPSA) is 46.9 Å².